The van der Waals surface area contributed by atoms with Crippen LogP contribution in [-0.2, 0) is 5.41 Å². The van der Waals surface area contributed by atoms with Crippen LogP contribution in [0.2, 0.25) is 0 Å². The highest BCUT2D eigenvalue weighted by Crippen LogP contribution is 2.59. The molecule has 2 aliphatic rings. The number of ketones is 1. The summed E-state index contributed by atoms with van der Waals surface area (Å²) in [6.45, 7) is 0. The maximum Gasteiger partial charge on any atom is 0.193 e. The number of para-hydroxylation sites is 2. The third-order valence-corrected chi connectivity index (χ3v) is 7.16. The number of benzene rings is 4. The summed E-state index contributed by atoms with van der Waals surface area (Å²) in [6.07, 6.45) is 3.81. The lowest BCUT2D eigenvalue weighted by Gasteiger charge is -2.48. The number of aromatic nitrogens is 1. The number of anilines is 3. The third-order valence-electron chi connectivity index (χ3n) is 7.16. The van der Waals surface area contributed by atoms with Gasteiger partial charge in [0.2, 0.25) is 0 Å². The Morgan fingerprint density at radius 2 is 1.12 bits per heavy atom. The molecule has 4 aromatic carbocycles. The van der Waals surface area contributed by atoms with Gasteiger partial charge in [-0.3, -0.25) is 9.78 Å². The Morgan fingerprint density at radius 3 is 1.82 bits per heavy atom. The van der Waals surface area contributed by atoms with Gasteiger partial charge in [-0.2, -0.15) is 0 Å². The number of rotatable bonds is 1. The number of nitrogens with zero attached hydrogens (tertiary/aromatic N) is 2. The van der Waals surface area contributed by atoms with E-state index in [2.05, 4.69) is 76.6 Å². The van der Waals surface area contributed by atoms with Crippen molar-refractivity contribution in [3.05, 3.63) is 155 Å². The van der Waals surface area contributed by atoms with Crippen LogP contribution >= 0.6 is 0 Å². The van der Waals surface area contributed by atoms with Gasteiger partial charge in [0.05, 0.1) is 23.0 Å². The van der Waals surface area contributed by atoms with Crippen molar-refractivity contribution in [2.24, 2.45) is 0 Å². The molecular formula is C31H20N2O. The fraction of sp³-hybridized carbons (Fsp3) is 0.0323. The first-order valence-corrected chi connectivity index (χ1v) is 11.4. The molecule has 0 amide bonds. The van der Waals surface area contributed by atoms with Crippen LogP contribution in [0.3, 0.4) is 0 Å². The van der Waals surface area contributed by atoms with Crippen LogP contribution in [0.5, 0.6) is 0 Å². The van der Waals surface area contributed by atoms with E-state index in [1.165, 1.54) is 0 Å². The zero-order valence-electron chi connectivity index (χ0n) is 18.3. The van der Waals surface area contributed by atoms with Gasteiger partial charge in [-0.15, -0.1) is 0 Å². The Bertz CT molecular complexity index is 1490. The number of hydrogen-bond donors (Lipinski definition) is 0. The molecule has 0 radical (unpaired) electrons. The molecule has 1 spiro atoms. The van der Waals surface area contributed by atoms with E-state index in [-0.39, 0.29) is 5.78 Å². The molecule has 0 saturated carbocycles. The average Bonchev–Trinajstić information content (AvgIpc) is 2.91. The van der Waals surface area contributed by atoms with Crippen molar-refractivity contribution in [2.75, 3.05) is 4.90 Å². The van der Waals surface area contributed by atoms with Crippen LogP contribution in [0.4, 0.5) is 17.1 Å². The summed E-state index contributed by atoms with van der Waals surface area (Å²) >= 11 is 0. The van der Waals surface area contributed by atoms with Gasteiger partial charge in [0.15, 0.2) is 5.78 Å². The molecular weight excluding hydrogens is 416 g/mol. The van der Waals surface area contributed by atoms with Gasteiger partial charge in [0, 0.05) is 23.0 Å². The van der Waals surface area contributed by atoms with Crippen molar-refractivity contribution in [3.63, 3.8) is 0 Å². The van der Waals surface area contributed by atoms with Gasteiger partial charge in [-0.25, -0.2) is 0 Å². The second-order valence-corrected chi connectivity index (χ2v) is 8.75. The molecule has 0 N–H and O–H groups in total. The Labute approximate surface area is 198 Å². The van der Waals surface area contributed by atoms with Gasteiger partial charge < -0.3 is 4.90 Å². The number of hydrogen-bond acceptors (Lipinski definition) is 3. The molecule has 0 bridgehead atoms. The minimum absolute atomic E-state index is 0.0791. The van der Waals surface area contributed by atoms with Crippen LogP contribution < -0.4 is 4.90 Å². The Balaban J connectivity index is 1.69. The minimum Gasteiger partial charge on any atom is -0.308 e. The normalized spacial score (nSPS) is 14.7. The summed E-state index contributed by atoms with van der Waals surface area (Å²) in [7, 11) is 0. The first-order valence-electron chi connectivity index (χ1n) is 11.4. The van der Waals surface area contributed by atoms with E-state index in [1.54, 1.807) is 0 Å². The molecule has 160 valence electrons. The Hall–Kier alpha value is -4.50. The maximum absolute atomic E-state index is 13.6. The van der Waals surface area contributed by atoms with Gasteiger partial charge in [0.1, 0.15) is 0 Å². The predicted molar refractivity (Wildman–Crippen MR) is 134 cm³/mol. The summed E-state index contributed by atoms with van der Waals surface area (Å²) in [4.78, 5) is 20.4. The third kappa shape index (κ3) is 2.31. The number of carbonyl (C=O) groups excluding carboxylic acids is 1. The van der Waals surface area contributed by atoms with Gasteiger partial charge in [0.25, 0.3) is 0 Å². The van der Waals surface area contributed by atoms with Gasteiger partial charge >= 0.3 is 0 Å². The van der Waals surface area contributed by atoms with Crippen molar-refractivity contribution in [1.29, 1.82) is 0 Å². The van der Waals surface area contributed by atoms with Crippen molar-refractivity contribution in [1.82, 2.24) is 4.98 Å². The second-order valence-electron chi connectivity index (χ2n) is 8.75. The van der Waals surface area contributed by atoms with E-state index in [4.69, 9.17) is 0 Å². The maximum atomic E-state index is 13.6. The van der Waals surface area contributed by atoms with E-state index >= 15 is 0 Å². The van der Waals surface area contributed by atoms with Crippen LogP contribution in [0.25, 0.3) is 0 Å². The molecule has 7 rings (SSSR count). The molecule has 34 heavy (non-hydrogen) atoms. The molecule has 5 aromatic rings. The molecule has 1 aliphatic heterocycles. The van der Waals surface area contributed by atoms with Crippen LogP contribution in [0.1, 0.15) is 38.2 Å². The topological polar surface area (TPSA) is 33.2 Å². The molecule has 0 atom stereocenters. The summed E-state index contributed by atoms with van der Waals surface area (Å²) < 4.78 is 0. The molecule has 1 aromatic heterocycles. The Morgan fingerprint density at radius 1 is 0.559 bits per heavy atom. The van der Waals surface area contributed by atoms with E-state index in [1.807, 2.05) is 54.9 Å². The lowest BCUT2D eigenvalue weighted by Crippen LogP contribution is -2.42. The van der Waals surface area contributed by atoms with Crippen molar-refractivity contribution in [2.45, 2.75) is 5.41 Å². The molecule has 0 unspecified atom stereocenters. The van der Waals surface area contributed by atoms with E-state index < -0.39 is 5.41 Å². The highest BCUT2D eigenvalue weighted by Gasteiger charge is 2.51. The summed E-state index contributed by atoms with van der Waals surface area (Å²) in [5, 5.41) is 0. The standard InChI is InChI=1S/C31H20N2O/c34-30-22-12-4-6-14-24(22)31(25-15-7-5-13-23(25)30)26-16-8-9-17-28(26)33(21-10-2-1-3-11-21)29-20-32-19-18-27(29)31/h1-20H. The monoisotopic (exact) mass is 436 g/mol. The highest BCUT2D eigenvalue weighted by molar-refractivity contribution is 6.14. The van der Waals surface area contributed by atoms with Crippen molar-refractivity contribution in [3.8, 4) is 0 Å². The van der Waals surface area contributed by atoms with Crippen LogP contribution in [0, 0.1) is 0 Å². The minimum atomic E-state index is -0.624. The smallest absolute Gasteiger partial charge is 0.193 e. The number of fused-ring (bicyclic) bond motifs is 8. The zero-order chi connectivity index (χ0) is 22.7. The predicted octanol–water partition coefficient (Wildman–Crippen LogP) is 6.79. The van der Waals surface area contributed by atoms with E-state index in [0.717, 1.165) is 50.4 Å². The largest absolute Gasteiger partial charge is 0.308 e. The number of pyridine rings is 1. The van der Waals surface area contributed by atoms with Crippen LogP contribution in [0.15, 0.2) is 122 Å². The quantitative estimate of drug-likeness (QED) is 0.284. The summed E-state index contributed by atoms with van der Waals surface area (Å²) in [5.74, 6) is 0.0791. The van der Waals surface area contributed by atoms with Crippen molar-refractivity contribution >= 4 is 22.8 Å². The van der Waals surface area contributed by atoms with Crippen LogP contribution in [-0.4, -0.2) is 10.8 Å². The Kier molecular flexibility index (Phi) is 3.91. The molecule has 3 nitrogen and oxygen atoms in total. The molecule has 1 aliphatic carbocycles. The zero-order valence-corrected chi connectivity index (χ0v) is 18.3. The molecule has 2 heterocycles. The van der Waals surface area contributed by atoms with Crippen molar-refractivity contribution < 1.29 is 4.79 Å². The average molecular weight is 437 g/mol. The lowest BCUT2D eigenvalue weighted by molar-refractivity contribution is 0.103. The molecule has 0 fully saturated rings. The first kappa shape index (κ1) is 19.0. The summed E-state index contributed by atoms with van der Waals surface area (Å²) in [5.41, 5.74) is 8.40. The lowest BCUT2D eigenvalue weighted by atomic mass is 9.57. The SMILES string of the molecule is O=C1c2ccccc2C2(c3ccccc31)c1ccccc1N(c1ccccc1)c1cnccc12. The number of carbonyl (C=O) groups is 1. The highest BCUT2D eigenvalue weighted by atomic mass is 16.1. The van der Waals surface area contributed by atoms with Gasteiger partial charge in [-0.05, 0) is 46.5 Å². The second kappa shape index (κ2) is 7.00. The first-order chi connectivity index (χ1) is 16.8. The molecule has 0 saturated heterocycles. The van der Waals surface area contributed by atoms with E-state index in [9.17, 15) is 4.79 Å². The fourth-order valence-corrected chi connectivity index (χ4v) is 5.88. The van der Waals surface area contributed by atoms with Gasteiger partial charge in [-0.1, -0.05) is 84.9 Å². The summed E-state index contributed by atoms with van der Waals surface area (Å²) in [6, 6.07) is 37.2. The molecule has 3 heteroatoms. The van der Waals surface area contributed by atoms with E-state index in [0.29, 0.717) is 0 Å². The fourth-order valence-electron chi connectivity index (χ4n) is 5.88.